The second kappa shape index (κ2) is 9.47. The third kappa shape index (κ3) is 4.25. The second-order valence-electron chi connectivity index (χ2n) is 7.60. The number of ketones is 1. The number of carbonyl (C=O) groups excluding carboxylic acids is 2. The SMILES string of the molecule is CCCOc1ccc(C2/C(=C(\[O-])c3ccccc3)C(=O)C(=O)N2Cc2ccc[nH+]c2)cc1. The van der Waals surface area contributed by atoms with E-state index in [0.29, 0.717) is 23.5 Å². The summed E-state index contributed by atoms with van der Waals surface area (Å²) in [4.78, 5) is 30.5. The number of Topliss-reactive ketones (excluding diaryl/α,β-unsaturated/α-hetero) is 1. The van der Waals surface area contributed by atoms with E-state index < -0.39 is 23.5 Å². The molecule has 0 radical (unpaired) electrons. The van der Waals surface area contributed by atoms with Crippen LogP contribution >= 0.6 is 0 Å². The van der Waals surface area contributed by atoms with Crippen LogP contribution < -0.4 is 14.8 Å². The van der Waals surface area contributed by atoms with Crippen molar-refractivity contribution < 1.29 is 24.4 Å². The second-order valence-corrected chi connectivity index (χ2v) is 7.60. The number of rotatable bonds is 7. The molecule has 162 valence electrons. The van der Waals surface area contributed by atoms with E-state index in [2.05, 4.69) is 4.98 Å². The van der Waals surface area contributed by atoms with Gasteiger partial charge in [0.15, 0.2) is 12.4 Å². The number of nitrogens with zero attached hydrogens (tertiary/aromatic N) is 1. The first-order valence-electron chi connectivity index (χ1n) is 10.6. The molecule has 1 fully saturated rings. The summed E-state index contributed by atoms with van der Waals surface area (Å²) in [6.45, 7) is 2.83. The molecule has 0 spiro atoms. The first kappa shape index (κ1) is 21.3. The minimum atomic E-state index is -0.775. The van der Waals surface area contributed by atoms with Crippen molar-refractivity contribution in [1.29, 1.82) is 0 Å². The smallest absolute Gasteiger partial charge is 0.295 e. The number of likely N-dealkylation sites (tertiary alicyclic amines) is 1. The van der Waals surface area contributed by atoms with Gasteiger partial charge in [-0.2, -0.15) is 0 Å². The number of hydrogen-bond donors (Lipinski definition) is 0. The Hall–Kier alpha value is -3.93. The maximum Gasteiger partial charge on any atom is 0.295 e. The van der Waals surface area contributed by atoms with Gasteiger partial charge in [-0.3, -0.25) is 9.59 Å². The Bertz CT molecular complexity index is 1130. The molecule has 3 aromatic rings. The van der Waals surface area contributed by atoms with Crippen LogP contribution in [-0.2, 0) is 16.1 Å². The molecule has 2 aromatic carbocycles. The zero-order valence-electron chi connectivity index (χ0n) is 17.8. The number of amides is 1. The molecule has 32 heavy (non-hydrogen) atoms. The van der Waals surface area contributed by atoms with Gasteiger partial charge < -0.3 is 14.7 Å². The first-order chi connectivity index (χ1) is 15.6. The summed E-state index contributed by atoms with van der Waals surface area (Å²) in [6.07, 6.45) is 4.43. The Morgan fingerprint density at radius 2 is 1.78 bits per heavy atom. The van der Waals surface area contributed by atoms with Crippen LogP contribution in [0.1, 0.15) is 36.1 Å². The van der Waals surface area contributed by atoms with Crippen LogP contribution in [0.15, 0.2) is 84.7 Å². The van der Waals surface area contributed by atoms with Gasteiger partial charge in [0.2, 0.25) is 5.78 Å². The van der Waals surface area contributed by atoms with Gasteiger partial charge in [0, 0.05) is 17.2 Å². The quantitative estimate of drug-likeness (QED) is 0.329. The summed E-state index contributed by atoms with van der Waals surface area (Å²) in [5, 5.41) is 13.3. The Kier molecular flexibility index (Phi) is 6.31. The van der Waals surface area contributed by atoms with E-state index in [1.807, 2.05) is 31.2 Å². The average Bonchev–Trinajstić information content (AvgIpc) is 3.08. The van der Waals surface area contributed by atoms with Gasteiger partial charge in [-0.05, 0) is 35.7 Å². The molecule has 6 heteroatoms. The molecule has 1 aliphatic heterocycles. The van der Waals surface area contributed by atoms with Gasteiger partial charge in [-0.15, -0.1) is 0 Å². The van der Waals surface area contributed by atoms with Crippen LogP contribution in [0.4, 0.5) is 0 Å². The van der Waals surface area contributed by atoms with Crippen LogP contribution in [0.5, 0.6) is 5.75 Å². The van der Waals surface area contributed by atoms with Crippen LogP contribution in [0, 0.1) is 0 Å². The van der Waals surface area contributed by atoms with Crippen molar-refractivity contribution in [2.24, 2.45) is 0 Å². The average molecular weight is 428 g/mol. The van der Waals surface area contributed by atoms with Gasteiger partial charge in [0.25, 0.3) is 5.91 Å². The predicted molar refractivity (Wildman–Crippen MR) is 117 cm³/mol. The van der Waals surface area contributed by atoms with E-state index >= 15 is 0 Å². The van der Waals surface area contributed by atoms with Crippen molar-refractivity contribution in [3.05, 3.63) is 101 Å². The number of ether oxygens (including phenoxy) is 1. The lowest BCUT2D eigenvalue weighted by molar-refractivity contribution is -0.378. The van der Waals surface area contributed by atoms with E-state index in [0.717, 1.165) is 12.0 Å². The van der Waals surface area contributed by atoms with E-state index in [1.165, 1.54) is 4.90 Å². The molecule has 1 atom stereocenters. The molecule has 6 nitrogen and oxygen atoms in total. The van der Waals surface area contributed by atoms with Gasteiger partial charge in [0.05, 0.1) is 19.2 Å². The van der Waals surface area contributed by atoms with Crippen LogP contribution in [-0.4, -0.2) is 23.2 Å². The van der Waals surface area contributed by atoms with Crippen LogP contribution in [0.2, 0.25) is 0 Å². The van der Waals surface area contributed by atoms with Gasteiger partial charge in [0.1, 0.15) is 5.75 Å². The Morgan fingerprint density at radius 3 is 2.44 bits per heavy atom. The normalized spacial score (nSPS) is 17.5. The van der Waals surface area contributed by atoms with Crippen molar-refractivity contribution in [3.63, 3.8) is 0 Å². The first-order valence-corrected chi connectivity index (χ1v) is 10.6. The predicted octanol–water partition coefficient (Wildman–Crippen LogP) is 2.71. The molecular weight excluding hydrogens is 404 g/mol. The number of aromatic amines is 1. The third-order valence-electron chi connectivity index (χ3n) is 5.36. The topological polar surface area (TPSA) is 83.8 Å². The molecule has 0 bridgehead atoms. The highest BCUT2D eigenvalue weighted by atomic mass is 16.5. The number of nitrogens with one attached hydrogen (secondary N) is 1. The van der Waals surface area contributed by atoms with Crippen molar-refractivity contribution in [2.75, 3.05) is 6.61 Å². The zero-order valence-corrected chi connectivity index (χ0v) is 17.8. The molecule has 0 aliphatic carbocycles. The van der Waals surface area contributed by atoms with Crippen LogP contribution in [0.25, 0.3) is 5.76 Å². The molecule has 4 rings (SSSR count). The molecular formula is C26H24N2O4. The Balaban J connectivity index is 1.79. The summed E-state index contributed by atoms with van der Waals surface area (Å²) in [5.74, 6) is -1.16. The van der Waals surface area contributed by atoms with Gasteiger partial charge >= 0.3 is 0 Å². The maximum absolute atomic E-state index is 13.3. The summed E-state index contributed by atoms with van der Waals surface area (Å²) in [5.41, 5.74) is 1.87. The lowest BCUT2D eigenvalue weighted by Gasteiger charge is -2.27. The van der Waals surface area contributed by atoms with E-state index in [9.17, 15) is 14.7 Å². The van der Waals surface area contributed by atoms with E-state index in [-0.39, 0.29) is 12.1 Å². The molecule has 1 unspecified atom stereocenters. The molecule has 1 aromatic heterocycles. The van der Waals surface area contributed by atoms with Crippen LogP contribution in [0.3, 0.4) is 0 Å². The summed E-state index contributed by atoms with van der Waals surface area (Å²) in [7, 11) is 0. The molecule has 1 aliphatic rings. The summed E-state index contributed by atoms with van der Waals surface area (Å²) >= 11 is 0. The Labute approximate surface area is 186 Å². The standard InChI is InChI=1S/C26H24N2O4/c1-2-15-32-21-12-10-19(11-13-21)23-22(24(29)20-8-4-3-5-9-20)25(30)26(31)28(23)17-18-7-6-14-27-16-18/h3-14,16,23,29H,2,15,17H2,1H3/b24-22+. The number of aromatic nitrogens is 1. The fraction of sp³-hybridized carbons (Fsp3) is 0.192. The molecule has 2 heterocycles. The maximum atomic E-state index is 13.3. The molecule has 1 amide bonds. The van der Waals surface area contributed by atoms with Crippen molar-refractivity contribution >= 4 is 17.4 Å². The highest BCUT2D eigenvalue weighted by Crippen LogP contribution is 2.39. The van der Waals surface area contributed by atoms with Gasteiger partial charge in [-0.25, -0.2) is 4.98 Å². The van der Waals surface area contributed by atoms with E-state index in [4.69, 9.17) is 4.74 Å². The third-order valence-corrected chi connectivity index (χ3v) is 5.36. The summed E-state index contributed by atoms with van der Waals surface area (Å²) in [6, 6.07) is 18.7. The van der Waals surface area contributed by atoms with Crippen molar-refractivity contribution in [2.45, 2.75) is 25.9 Å². The minimum Gasteiger partial charge on any atom is -0.872 e. The molecule has 1 N–H and O–H groups in total. The molecule has 1 saturated heterocycles. The van der Waals surface area contributed by atoms with Crippen molar-refractivity contribution in [1.82, 2.24) is 4.90 Å². The zero-order chi connectivity index (χ0) is 22.5. The highest BCUT2D eigenvalue weighted by Gasteiger charge is 2.44. The summed E-state index contributed by atoms with van der Waals surface area (Å²) < 4.78 is 5.66. The highest BCUT2D eigenvalue weighted by molar-refractivity contribution is 6.46. The lowest BCUT2D eigenvalue weighted by atomic mass is 9.95. The number of hydrogen-bond acceptors (Lipinski definition) is 4. The molecule has 0 saturated carbocycles. The van der Waals surface area contributed by atoms with Crippen molar-refractivity contribution in [3.8, 4) is 5.75 Å². The largest absolute Gasteiger partial charge is 0.872 e. The fourth-order valence-electron chi connectivity index (χ4n) is 3.82. The lowest BCUT2D eigenvalue weighted by Crippen LogP contribution is -2.29. The fourth-order valence-corrected chi connectivity index (χ4v) is 3.82. The monoisotopic (exact) mass is 428 g/mol. The minimum absolute atomic E-state index is 0.0247. The number of pyridine rings is 1. The van der Waals surface area contributed by atoms with Gasteiger partial charge in [-0.1, -0.05) is 55.1 Å². The van der Waals surface area contributed by atoms with E-state index in [1.54, 1.807) is 54.9 Å². The number of benzene rings is 2. The number of H-pyrrole nitrogens is 1. The number of carbonyl (C=O) groups is 2. The Morgan fingerprint density at radius 1 is 1.03 bits per heavy atom.